The molecule has 0 spiro atoms. The van der Waals surface area contributed by atoms with Crippen LogP contribution in [0, 0.1) is 24.0 Å². The maximum absolute atomic E-state index is 12.5. The van der Waals surface area contributed by atoms with Crippen molar-refractivity contribution in [3.63, 3.8) is 0 Å². The van der Waals surface area contributed by atoms with Gasteiger partial charge in [-0.1, -0.05) is 36.4 Å². The Balaban J connectivity index is 1.77. The van der Waals surface area contributed by atoms with Crippen LogP contribution >= 0.6 is 0 Å². The Morgan fingerprint density at radius 3 is 2.27 bits per heavy atom. The van der Waals surface area contributed by atoms with Gasteiger partial charge in [-0.15, -0.1) is 0 Å². The molecule has 0 aromatic heterocycles. The normalized spacial score (nSPS) is 13.7. The molecular weight excluding hydrogens is 392 g/mol. The lowest BCUT2D eigenvalue weighted by atomic mass is 10.1. The fraction of sp³-hybridized carbons (Fsp3) is 0.200. The lowest BCUT2D eigenvalue weighted by molar-refractivity contribution is -0.384. The molecule has 1 saturated heterocycles. The number of carbonyl (C=O) groups excluding carboxylic acids is 4. The molecular formula is C20H18N4O6. The number of benzene rings is 2. The number of nitro groups is 1. The minimum absolute atomic E-state index is 0.0171. The molecule has 3 rings (SSSR count). The Labute approximate surface area is 171 Å². The predicted molar refractivity (Wildman–Crippen MR) is 105 cm³/mol. The third-order valence-electron chi connectivity index (χ3n) is 4.80. The van der Waals surface area contributed by atoms with E-state index in [0.29, 0.717) is 21.6 Å². The Hall–Kier alpha value is -4.08. The second-order valence-electron chi connectivity index (χ2n) is 6.76. The van der Waals surface area contributed by atoms with Gasteiger partial charge >= 0.3 is 17.8 Å². The first kappa shape index (κ1) is 20.6. The van der Waals surface area contributed by atoms with Gasteiger partial charge in [0.05, 0.1) is 11.5 Å². The number of nitrogens with one attached hydrogen (secondary N) is 1. The van der Waals surface area contributed by atoms with Gasteiger partial charge in [0.15, 0.2) is 0 Å². The molecule has 2 aromatic carbocycles. The standard InChI is InChI=1S/C20H18N4O6/c1-12-8-9-15(24(29)30)17(13(12)2)21-16(25)11-23-19(27)18(26)22(20(23)28)10-14-6-4-3-5-7-14/h3-9H,10-11H2,1-2H3,(H,21,25). The summed E-state index contributed by atoms with van der Waals surface area (Å²) in [6.07, 6.45) is 0. The Morgan fingerprint density at radius 1 is 1.00 bits per heavy atom. The van der Waals surface area contributed by atoms with E-state index in [4.69, 9.17) is 0 Å². The first-order valence-electron chi connectivity index (χ1n) is 8.96. The van der Waals surface area contributed by atoms with Crippen molar-refractivity contribution >= 4 is 35.1 Å². The van der Waals surface area contributed by atoms with E-state index in [9.17, 15) is 29.3 Å². The molecule has 1 N–H and O–H groups in total. The highest BCUT2D eigenvalue weighted by atomic mass is 16.6. The summed E-state index contributed by atoms with van der Waals surface area (Å²) < 4.78 is 0. The van der Waals surface area contributed by atoms with E-state index < -0.39 is 35.2 Å². The van der Waals surface area contributed by atoms with E-state index in [-0.39, 0.29) is 17.9 Å². The van der Waals surface area contributed by atoms with Crippen molar-refractivity contribution in [3.8, 4) is 0 Å². The Bertz CT molecular complexity index is 1070. The van der Waals surface area contributed by atoms with Crippen LogP contribution in [0.4, 0.5) is 16.2 Å². The van der Waals surface area contributed by atoms with Gasteiger partial charge in [-0.2, -0.15) is 0 Å². The summed E-state index contributed by atoms with van der Waals surface area (Å²) in [5.41, 5.74) is 1.51. The number of amides is 5. The van der Waals surface area contributed by atoms with Crippen LogP contribution in [0.2, 0.25) is 0 Å². The largest absolute Gasteiger partial charge is 0.335 e. The first-order valence-corrected chi connectivity index (χ1v) is 8.96. The van der Waals surface area contributed by atoms with E-state index >= 15 is 0 Å². The topological polar surface area (TPSA) is 130 Å². The van der Waals surface area contributed by atoms with Gasteiger partial charge < -0.3 is 5.32 Å². The van der Waals surface area contributed by atoms with E-state index in [2.05, 4.69) is 5.32 Å². The minimum Gasteiger partial charge on any atom is -0.319 e. The quantitative estimate of drug-likeness (QED) is 0.336. The van der Waals surface area contributed by atoms with Crippen molar-refractivity contribution in [2.45, 2.75) is 20.4 Å². The first-order chi connectivity index (χ1) is 14.2. The summed E-state index contributed by atoms with van der Waals surface area (Å²) in [6.45, 7) is 2.49. The van der Waals surface area contributed by atoms with Gasteiger partial charge in [-0.3, -0.25) is 29.4 Å². The molecule has 10 nitrogen and oxygen atoms in total. The number of rotatable bonds is 6. The summed E-state index contributed by atoms with van der Waals surface area (Å²) in [6, 6.07) is 10.5. The van der Waals surface area contributed by atoms with E-state index in [1.165, 1.54) is 6.07 Å². The number of hydrogen-bond donors (Lipinski definition) is 1. The van der Waals surface area contributed by atoms with Crippen LogP contribution in [0.25, 0.3) is 0 Å². The number of urea groups is 1. The van der Waals surface area contributed by atoms with Gasteiger partial charge in [0.1, 0.15) is 12.2 Å². The number of carbonyl (C=O) groups is 4. The molecule has 1 aliphatic heterocycles. The number of aryl methyl sites for hydroxylation is 1. The van der Waals surface area contributed by atoms with Gasteiger partial charge in [0, 0.05) is 6.07 Å². The molecule has 10 heteroatoms. The van der Waals surface area contributed by atoms with Crippen LogP contribution in [0.3, 0.4) is 0 Å². The van der Waals surface area contributed by atoms with Crippen LogP contribution in [-0.4, -0.2) is 45.0 Å². The second kappa shape index (κ2) is 8.11. The summed E-state index contributed by atoms with van der Waals surface area (Å²) >= 11 is 0. The number of imide groups is 2. The molecule has 154 valence electrons. The van der Waals surface area contributed by atoms with E-state index in [1.54, 1.807) is 50.2 Å². The zero-order valence-electron chi connectivity index (χ0n) is 16.2. The minimum atomic E-state index is -1.12. The SMILES string of the molecule is Cc1ccc([N+](=O)[O-])c(NC(=O)CN2C(=O)C(=O)N(Cc3ccccc3)C2=O)c1C. The Kier molecular flexibility index (Phi) is 5.58. The smallest absolute Gasteiger partial charge is 0.319 e. The molecule has 2 aromatic rings. The maximum atomic E-state index is 12.5. The third-order valence-corrected chi connectivity index (χ3v) is 4.80. The number of nitrogens with zero attached hydrogens (tertiary/aromatic N) is 3. The molecule has 0 bridgehead atoms. The van der Waals surface area contributed by atoms with Crippen molar-refractivity contribution in [1.29, 1.82) is 0 Å². The van der Waals surface area contributed by atoms with Crippen molar-refractivity contribution < 1.29 is 24.1 Å². The lowest BCUT2D eigenvalue weighted by Gasteiger charge is -2.16. The number of nitro benzene ring substituents is 1. The van der Waals surface area contributed by atoms with E-state index in [1.807, 2.05) is 0 Å². The maximum Gasteiger partial charge on any atom is 0.335 e. The van der Waals surface area contributed by atoms with Gasteiger partial charge in [-0.25, -0.2) is 9.69 Å². The average Bonchev–Trinajstić information content (AvgIpc) is 2.90. The highest BCUT2D eigenvalue weighted by Gasteiger charge is 2.45. The highest BCUT2D eigenvalue weighted by Crippen LogP contribution is 2.30. The molecule has 0 unspecified atom stereocenters. The van der Waals surface area contributed by atoms with Crippen LogP contribution < -0.4 is 5.32 Å². The van der Waals surface area contributed by atoms with Crippen LogP contribution in [0.15, 0.2) is 42.5 Å². The zero-order valence-corrected chi connectivity index (χ0v) is 16.2. The van der Waals surface area contributed by atoms with Crippen molar-refractivity contribution in [1.82, 2.24) is 9.80 Å². The number of anilines is 1. The summed E-state index contributed by atoms with van der Waals surface area (Å²) in [4.78, 5) is 61.3. The van der Waals surface area contributed by atoms with Crippen LogP contribution in [0.5, 0.6) is 0 Å². The Morgan fingerprint density at radius 2 is 1.63 bits per heavy atom. The fourth-order valence-electron chi connectivity index (χ4n) is 3.03. The third kappa shape index (κ3) is 3.88. The van der Waals surface area contributed by atoms with Gasteiger partial charge in [0.25, 0.3) is 5.69 Å². The molecule has 5 amide bonds. The van der Waals surface area contributed by atoms with Crippen LogP contribution in [0.1, 0.15) is 16.7 Å². The zero-order chi connectivity index (χ0) is 22.0. The predicted octanol–water partition coefficient (Wildman–Crippen LogP) is 2.14. The van der Waals surface area contributed by atoms with Gasteiger partial charge in [-0.05, 0) is 30.5 Å². The van der Waals surface area contributed by atoms with E-state index in [0.717, 1.165) is 4.90 Å². The van der Waals surface area contributed by atoms with Crippen molar-refractivity contribution in [2.75, 3.05) is 11.9 Å². The summed E-state index contributed by atoms with van der Waals surface area (Å²) in [5, 5.41) is 13.7. The highest BCUT2D eigenvalue weighted by molar-refractivity contribution is 6.45. The fourth-order valence-corrected chi connectivity index (χ4v) is 3.03. The van der Waals surface area contributed by atoms with Gasteiger partial charge in [0.2, 0.25) is 5.91 Å². The van der Waals surface area contributed by atoms with Crippen molar-refractivity contribution in [2.24, 2.45) is 0 Å². The molecule has 0 atom stereocenters. The molecule has 1 fully saturated rings. The molecule has 30 heavy (non-hydrogen) atoms. The molecule has 1 heterocycles. The second-order valence-corrected chi connectivity index (χ2v) is 6.76. The molecule has 0 aliphatic carbocycles. The molecule has 0 saturated carbocycles. The number of hydrogen-bond acceptors (Lipinski definition) is 6. The van der Waals surface area contributed by atoms with Crippen molar-refractivity contribution in [3.05, 3.63) is 69.3 Å². The van der Waals surface area contributed by atoms with Crippen LogP contribution in [-0.2, 0) is 20.9 Å². The average molecular weight is 410 g/mol. The summed E-state index contributed by atoms with van der Waals surface area (Å²) in [5.74, 6) is -2.99. The summed E-state index contributed by atoms with van der Waals surface area (Å²) in [7, 11) is 0. The molecule has 0 radical (unpaired) electrons. The lowest BCUT2D eigenvalue weighted by Crippen LogP contribution is -2.39. The molecule has 1 aliphatic rings. The monoisotopic (exact) mass is 410 g/mol.